The summed E-state index contributed by atoms with van der Waals surface area (Å²) in [7, 11) is 0. The van der Waals surface area contributed by atoms with Gasteiger partial charge in [0, 0.05) is 66.2 Å². The lowest BCUT2D eigenvalue weighted by atomic mass is 10.00. The second-order valence-electron chi connectivity index (χ2n) is 8.93. The van der Waals surface area contributed by atoms with Gasteiger partial charge in [0.25, 0.3) is 5.91 Å². The number of carbonyl (C=O) groups is 1. The highest BCUT2D eigenvalue weighted by Gasteiger charge is 2.44. The number of fused-ring (bicyclic) bond motifs is 2. The predicted molar refractivity (Wildman–Crippen MR) is 138 cm³/mol. The van der Waals surface area contributed by atoms with Gasteiger partial charge in [-0.2, -0.15) is 0 Å². The zero-order valence-electron chi connectivity index (χ0n) is 19.6. The number of benzene rings is 2. The van der Waals surface area contributed by atoms with Gasteiger partial charge in [-0.1, -0.05) is 38.6 Å². The molecule has 7 nitrogen and oxygen atoms in total. The second-order valence-corrected chi connectivity index (χ2v) is 8.93. The van der Waals surface area contributed by atoms with E-state index < -0.39 is 6.29 Å². The Morgan fingerprint density at radius 3 is 2.59 bits per heavy atom. The van der Waals surface area contributed by atoms with Gasteiger partial charge < -0.3 is 24.3 Å². The average Bonchev–Trinajstić information content (AvgIpc) is 3.47. The van der Waals surface area contributed by atoms with Crippen molar-refractivity contribution in [1.29, 1.82) is 0 Å². The van der Waals surface area contributed by atoms with Crippen molar-refractivity contribution in [3.05, 3.63) is 66.5 Å². The molecule has 192 valence electrons. The van der Waals surface area contributed by atoms with Crippen LogP contribution in [0.25, 0.3) is 33.3 Å². The third kappa shape index (κ3) is 4.51. The van der Waals surface area contributed by atoms with E-state index in [1.807, 2.05) is 35.2 Å². The minimum absolute atomic E-state index is 0. The third-order valence-corrected chi connectivity index (χ3v) is 6.80. The number of aromatic nitrogens is 2. The molecule has 1 amide bonds. The fraction of sp³-hybridized carbons (Fsp3) is 0.286. The molecule has 9 heteroatoms. The quantitative estimate of drug-likeness (QED) is 0.388. The van der Waals surface area contributed by atoms with Crippen molar-refractivity contribution >= 4 is 16.9 Å². The molecule has 0 spiro atoms. The number of alkyl halides is 2. The number of H-pyrrole nitrogens is 1. The van der Waals surface area contributed by atoms with E-state index in [0.29, 0.717) is 35.4 Å². The van der Waals surface area contributed by atoms with Crippen LogP contribution >= 0.6 is 0 Å². The molecule has 2 aliphatic heterocycles. The molecule has 4 aromatic rings. The highest BCUT2D eigenvalue weighted by atomic mass is 19.3. The molecule has 4 heterocycles. The molecule has 0 bridgehead atoms. The maximum absolute atomic E-state index is 13.7. The normalized spacial score (nSPS) is 16.6. The molecule has 1 N–H and O–H groups in total. The highest BCUT2D eigenvalue weighted by molar-refractivity contribution is 5.99. The van der Waals surface area contributed by atoms with Gasteiger partial charge in [-0.3, -0.25) is 4.79 Å². The molecule has 2 aromatic heterocycles. The zero-order chi connectivity index (χ0) is 24.9. The zero-order valence-corrected chi connectivity index (χ0v) is 19.6. The Morgan fingerprint density at radius 1 is 1.03 bits per heavy atom. The first-order valence-electron chi connectivity index (χ1n) is 11.9. The van der Waals surface area contributed by atoms with Crippen LogP contribution in [0, 0.1) is 0 Å². The van der Waals surface area contributed by atoms with E-state index in [-0.39, 0.29) is 24.8 Å². The monoisotopic (exact) mass is 506 g/mol. The van der Waals surface area contributed by atoms with E-state index >= 15 is 0 Å². The van der Waals surface area contributed by atoms with Crippen LogP contribution in [0.15, 0.2) is 60.9 Å². The number of amides is 1. The molecule has 0 aliphatic carbocycles. The number of aromatic amines is 1. The van der Waals surface area contributed by atoms with Gasteiger partial charge >= 0.3 is 6.29 Å². The first-order valence-corrected chi connectivity index (χ1v) is 11.9. The molecule has 1 saturated heterocycles. The van der Waals surface area contributed by atoms with Crippen LogP contribution in [0.1, 0.15) is 24.7 Å². The van der Waals surface area contributed by atoms with Crippen LogP contribution in [-0.4, -0.2) is 64.7 Å². The van der Waals surface area contributed by atoms with Crippen molar-refractivity contribution in [2.75, 3.05) is 32.7 Å². The average molecular weight is 507 g/mol. The fourth-order valence-corrected chi connectivity index (χ4v) is 4.85. The SMILES string of the molecule is C.CCN1CCN(C(=O)c2cccc(-c3cnc4[nH]cc(-c5cccc6c5OC(F)(F)O6)c4c3)c2)CC1. The summed E-state index contributed by atoms with van der Waals surface area (Å²) in [5.74, 6) is -0.00610. The van der Waals surface area contributed by atoms with Crippen molar-refractivity contribution < 1.29 is 23.0 Å². The van der Waals surface area contributed by atoms with E-state index in [1.54, 1.807) is 24.5 Å². The van der Waals surface area contributed by atoms with Crippen LogP contribution < -0.4 is 9.47 Å². The Balaban J connectivity index is 0.00000280. The van der Waals surface area contributed by atoms with Gasteiger partial charge in [0.1, 0.15) is 5.65 Å². The van der Waals surface area contributed by atoms with Crippen molar-refractivity contribution in [2.24, 2.45) is 0 Å². The van der Waals surface area contributed by atoms with Crippen LogP contribution in [-0.2, 0) is 0 Å². The third-order valence-electron chi connectivity index (χ3n) is 6.80. The molecular formula is C28H28F2N4O3. The number of pyridine rings is 1. The van der Waals surface area contributed by atoms with E-state index in [9.17, 15) is 13.6 Å². The van der Waals surface area contributed by atoms with Crippen LogP contribution in [0.3, 0.4) is 0 Å². The lowest BCUT2D eigenvalue weighted by molar-refractivity contribution is -0.286. The molecular weight excluding hydrogens is 478 g/mol. The summed E-state index contributed by atoms with van der Waals surface area (Å²) in [6.45, 7) is 6.29. The number of rotatable bonds is 4. The molecule has 0 unspecified atom stereocenters. The smallest absolute Gasteiger partial charge is 0.395 e. The number of piperazine rings is 1. The predicted octanol–water partition coefficient (Wildman–Crippen LogP) is 5.63. The second kappa shape index (κ2) is 9.48. The van der Waals surface area contributed by atoms with Gasteiger partial charge in [0.2, 0.25) is 0 Å². The minimum Gasteiger partial charge on any atom is -0.395 e. The maximum atomic E-state index is 13.7. The van der Waals surface area contributed by atoms with Crippen molar-refractivity contribution in [3.63, 3.8) is 0 Å². The summed E-state index contributed by atoms with van der Waals surface area (Å²) in [6, 6.07) is 14.2. The van der Waals surface area contributed by atoms with Crippen molar-refractivity contribution in [3.8, 4) is 33.8 Å². The van der Waals surface area contributed by atoms with Crippen LogP contribution in [0.4, 0.5) is 8.78 Å². The fourth-order valence-electron chi connectivity index (χ4n) is 4.85. The molecule has 0 atom stereocenters. The largest absolute Gasteiger partial charge is 0.586 e. The molecule has 2 aromatic carbocycles. The van der Waals surface area contributed by atoms with Crippen LogP contribution in [0.5, 0.6) is 11.5 Å². The Morgan fingerprint density at radius 2 is 1.81 bits per heavy atom. The van der Waals surface area contributed by atoms with E-state index in [4.69, 9.17) is 4.74 Å². The van der Waals surface area contributed by atoms with Crippen LogP contribution in [0.2, 0.25) is 0 Å². The topological polar surface area (TPSA) is 70.7 Å². The van der Waals surface area contributed by atoms with Crippen molar-refractivity contribution in [1.82, 2.24) is 19.8 Å². The van der Waals surface area contributed by atoms with Gasteiger partial charge in [0.15, 0.2) is 11.5 Å². The van der Waals surface area contributed by atoms with Gasteiger partial charge in [-0.15, -0.1) is 8.78 Å². The molecule has 1 fully saturated rings. The number of nitrogens with one attached hydrogen (secondary N) is 1. The van der Waals surface area contributed by atoms with E-state index in [2.05, 4.69) is 26.5 Å². The van der Waals surface area contributed by atoms with Gasteiger partial charge in [0.05, 0.1) is 0 Å². The Bertz CT molecular complexity index is 1460. The van der Waals surface area contributed by atoms with E-state index in [0.717, 1.165) is 36.1 Å². The summed E-state index contributed by atoms with van der Waals surface area (Å²) in [5, 5.41) is 0.743. The maximum Gasteiger partial charge on any atom is 0.586 e. The highest BCUT2D eigenvalue weighted by Crippen LogP contribution is 2.48. The summed E-state index contributed by atoms with van der Waals surface area (Å²) >= 11 is 0. The lowest BCUT2D eigenvalue weighted by Gasteiger charge is -2.34. The first-order chi connectivity index (χ1) is 17.4. The summed E-state index contributed by atoms with van der Waals surface area (Å²) < 4.78 is 36.9. The molecule has 2 aliphatic rings. The number of ether oxygens (including phenoxy) is 2. The number of nitrogens with zero attached hydrogens (tertiary/aromatic N) is 3. The Labute approximate surface area is 213 Å². The lowest BCUT2D eigenvalue weighted by Crippen LogP contribution is -2.48. The first kappa shape index (κ1) is 24.7. The number of carbonyl (C=O) groups excluding carboxylic acids is 1. The van der Waals surface area contributed by atoms with Crippen molar-refractivity contribution in [2.45, 2.75) is 20.6 Å². The van der Waals surface area contributed by atoms with E-state index in [1.165, 1.54) is 6.07 Å². The Kier molecular flexibility index (Phi) is 6.33. The summed E-state index contributed by atoms with van der Waals surface area (Å²) in [5.41, 5.74) is 4.03. The molecule has 0 saturated carbocycles. The summed E-state index contributed by atoms with van der Waals surface area (Å²) in [4.78, 5) is 25.0. The number of hydrogen-bond donors (Lipinski definition) is 1. The Hall–Kier alpha value is -3.98. The number of likely N-dealkylation sites (N-methyl/N-ethyl adjacent to an activating group) is 1. The summed E-state index contributed by atoms with van der Waals surface area (Å²) in [6.07, 6.45) is -0.258. The molecule has 0 radical (unpaired) electrons. The standard InChI is InChI=1S/C27H24F2N4O3.CH4/c1-2-32-9-11-33(12-10-32)26(34)18-6-3-5-17(13-18)19-14-21-22(16-31-25(21)30-15-19)20-7-4-8-23-24(20)36-27(28,29)35-23;/h3-8,13-16H,2,9-12H2,1H3,(H,30,31);1H4. The van der Waals surface area contributed by atoms with Gasteiger partial charge in [-0.25, -0.2) is 4.98 Å². The molecule has 6 rings (SSSR count). The number of hydrogen-bond acceptors (Lipinski definition) is 5. The van der Waals surface area contributed by atoms with Gasteiger partial charge in [-0.05, 0) is 36.4 Å². The minimum atomic E-state index is -3.70. The molecule has 37 heavy (non-hydrogen) atoms. The number of halogens is 2. The number of para-hydroxylation sites is 1.